The zero-order valence-electron chi connectivity index (χ0n) is 21.4. The van der Waals surface area contributed by atoms with Crippen molar-refractivity contribution in [3.8, 4) is 0 Å². The number of carbonyl (C=O) groups excluding carboxylic acids is 2. The minimum Gasteiger partial charge on any atom is -0.274 e. The second-order valence-corrected chi connectivity index (χ2v) is 18.3. The number of imide groups is 1. The predicted molar refractivity (Wildman–Crippen MR) is 143 cm³/mol. The van der Waals surface area contributed by atoms with Crippen molar-refractivity contribution in [2.24, 2.45) is 11.8 Å². The first kappa shape index (κ1) is 24.7. The van der Waals surface area contributed by atoms with Crippen LogP contribution in [0.5, 0.6) is 0 Å². The minimum absolute atomic E-state index is 0.183. The van der Waals surface area contributed by atoms with E-state index < -0.39 is 29.9 Å². The molecule has 1 aliphatic carbocycles. The predicted octanol–water partition coefficient (Wildman–Crippen LogP) is 5.12. The number of carbonyl (C=O) groups is 2. The lowest BCUT2D eigenvalue weighted by Crippen LogP contribution is -2.49. The zero-order valence-corrected chi connectivity index (χ0v) is 23.2. The standard InChI is InChI=1S/C28H32N2O4SSi/c1-18-11-13-21(14-12-18)35(33,34)29-16-15-19(2)22-17-23-24(26(25(22)29)36(3,4)5)28(32)30(27(23)31)20-9-7-6-8-10-20/h6-15,23-24,26H,16-17H2,1-5H3/t23-,24-,26-/m0/s1. The van der Waals surface area contributed by atoms with E-state index in [1.807, 2.05) is 38.1 Å². The van der Waals surface area contributed by atoms with Crippen molar-refractivity contribution in [3.63, 3.8) is 0 Å². The third kappa shape index (κ3) is 3.78. The molecule has 2 amide bonds. The molecule has 0 unspecified atom stereocenters. The molecule has 0 N–H and O–H groups in total. The Morgan fingerprint density at radius 1 is 0.889 bits per heavy atom. The number of aryl methyl sites for hydroxylation is 1. The van der Waals surface area contributed by atoms with E-state index >= 15 is 0 Å². The number of fused-ring (bicyclic) bond motifs is 1. The molecule has 0 aromatic heterocycles. The maximum Gasteiger partial charge on any atom is 0.264 e. The highest BCUT2D eigenvalue weighted by Gasteiger charge is 2.59. The van der Waals surface area contributed by atoms with Gasteiger partial charge in [-0.05, 0) is 55.7 Å². The van der Waals surface area contributed by atoms with E-state index in [0.717, 1.165) is 22.4 Å². The van der Waals surface area contributed by atoms with Crippen LogP contribution in [0.15, 0.2) is 82.4 Å². The zero-order chi connectivity index (χ0) is 26.0. The number of anilines is 1. The fourth-order valence-corrected chi connectivity index (χ4v) is 10.2. The second-order valence-electron chi connectivity index (χ2n) is 11.1. The Hall–Kier alpha value is -2.97. The van der Waals surface area contributed by atoms with Crippen molar-refractivity contribution in [1.29, 1.82) is 0 Å². The van der Waals surface area contributed by atoms with Crippen molar-refractivity contribution in [1.82, 2.24) is 4.31 Å². The number of para-hydroxylation sites is 1. The molecule has 188 valence electrons. The van der Waals surface area contributed by atoms with Crippen LogP contribution < -0.4 is 4.90 Å². The van der Waals surface area contributed by atoms with Crippen LogP contribution in [0.3, 0.4) is 0 Å². The normalized spacial score (nSPS) is 24.6. The lowest BCUT2D eigenvalue weighted by molar-refractivity contribution is -0.122. The van der Waals surface area contributed by atoms with Gasteiger partial charge in [0, 0.05) is 11.2 Å². The Labute approximate surface area is 214 Å². The Morgan fingerprint density at radius 2 is 1.53 bits per heavy atom. The van der Waals surface area contributed by atoms with Crippen molar-refractivity contribution >= 4 is 35.6 Å². The summed E-state index contributed by atoms with van der Waals surface area (Å²) in [5, 5.41) is 0. The Balaban J connectivity index is 1.67. The van der Waals surface area contributed by atoms with E-state index in [9.17, 15) is 18.0 Å². The average Bonchev–Trinajstić information content (AvgIpc) is 3.07. The minimum atomic E-state index is -3.85. The molecule has 2 aliphatic heterocycles. The second kappa shape index (κ2) is 8.56. The molecule has 2 aromatic carbocycles. The fraction of sp³-hybridized carbons (Fsp3) is 0.357. The van der Waals surface area contributed by atoms with Gasteiger partial charge >= 0.3 is 0 Å². The summed E-state index contributed by atoms with van der Waals surface area (Å²) >= 11 is 0. The lowest BCUT2D eigenvalue weighted by Gasteiger charge is -2.47. The van der Waals surface area contributed by atoms with Gasteiger partial charge in [-0.25, -0.2) is 8.42 Å². The van der Waals surface area contributed by atoms with Crippen LogP contribution in [0.1, 0.15) is 18.9 Å². The van der Waals surface area contributed by atoms with E-state index in [1.54, 1.807) is 36.4 Å². The molecule has 5 rings (SSSR count). The molecule has 6 nitrogen and oxygen atoms in total. The summed E-state index contributed by atoms with van der Waals surface area (Å²) in [4.78, 5) is 29.2. The molecule has 8 heteroatoms. The third-order valence-electron chi connectivity index (χ3n) is 7.73. The van der Waals surface area contributed by atoms with Crippen LogP contribution >= 0.6 is 0 Å². The highest BCUT2D eigenvalue weighted by Crippen LogP contribution is 2.56. The van der Waals surface area contributed by atoms with E-state index in [0.29, 0.717) is 12.1 Å². The number of nitrogens with zero attached hydrogens (tertiary/aromatic N) is 2. The van der Waals surface area contributed by atoms with E-state index in [2.05, 4.69) is 19.6 Å². The van der Waals surface area contributed by atoms with Crippen LogP contribution in [-0.2, 0) is 19.6 Å². The summed E-state index contributed by atoms with van der Waals surface area (Å²) in [7, 11) is -6.05. The lowest BCUT2D eigenvalue weighted by atomic mass is 9.76. The molecular weight excluding hydrogens is 488 g/mol. The number of rotatable bonds is 4. The van der Waals surface area contributed by atoms with Gasteiger partial charge in [0.15, 0.2) is 0 Å². The first-order valence-electron chi connectivity index (χ1n) is 12.4. The molecule has 2 heterocycles. The van der Waals surface area contributed by atoms with E-state index in [-0.39, 0.29) is 28.8 Å². The monoisotopic (exact) mass is 520 g/mol. The van der Waals surface area contributed by atoms with Gasteiger partial charge in [0.1, 0.15) is 0 Å². The molecule has 1 fully saturated rings. The summed E-state index contributed by atoms with van der Waals surface area (Å²) in [5.74, 6) is -1.45. The van der Waals surface area contributed by atoms with Gasteiger partial charge in [-0.15, -0.1) is 0 Å². The van der Waals surface area contributed by atoms with E-state index in [1.165, 1.54) is 9.21 Å². The van der Waals surface area contributed by atoms with Gasteiger partial charge < -0.3 is 0 Å². The van der Waals surface area contributed by atoms with Gasteiger partial charge in [-0.3, -0.25) is 18.8 Å². The topological polar surface area (TPSA) is 74.8 Å². The Kier molecular flexibility index (Phi) is 5.87. The van der Waals surface area contributed by atoms with Crippen LogP contribution in [-0.4, -0.2) is 39.2 Å². The number of hydrogen-bond donors (Lipinski definition) is 0. The first-order chi connectivity index (χ1) is 16.9. The van der Waals surface area contributed by atoms with Gasteiger partial charge in [0.05, 0.1) is 37.0 Å². The van der Waals surface area contributed by atoms with Crippen molar-refractivity contribution in [2.75, 3.05) is 11.4 Å². The van der Waals surface area contributed by atoms with Crippen LogP contribution in [0.4, 0.5) is 5.69 Å². The van der Waals surface area contributed by atoms with Crippen molar-refractivity contribution in [2.45, 2.75) is 50.3 Å². The quantitative estimate of drug-likeness (QED) is 0.414. The molecular formula is C28H32N2O4SSi. The molecule has 0 radical (unpaired) electrons. The highest BCUT2D eigenvalue weighted by molar-refractivity contribution is 7.89. The fourth-order valence-electron chi connectivity index (χ4n) is 5.98. The van der Waals surface area contributed by atoms with Crippen LogP contribution in [0.25, 0.3) is 0 Å². The summed E-state index contributed by atoms with van der Waals surface area (Å²) in [6, 6.07) is 16.0. The van der Waals surface area contributed by atoms with Crippen molar-refractivity contribution < 1.29 is 18.0 Å². The highest BCUT2D eigenvalue weighted by atomic mass is 32.2. The van der Waals surface area contributed by atoms with Gasteiger partial charge in [-0.2, -0.15) is 0 Å². The molecule has 36 heavy (non-hydrogen) atoms. The molecule has 0 spiro atoms. The molecule has 1 saturated heterocycles. The smallest absolute Gasteiger partial charge is 0.264 e. The number of hydrogen-bond acceptors (Lipinski definition) is 4. The SMILES string of the molecule is CC1=CCN(S(=O)(=O)c2ccc(C)cc2)C2=C1C[C@@H]1C(=O)N(c3ccccc3)C(=O)[C@@H]1[C@@H]2[Si](C)(C)C. The van der Waals surface area contributed by atoms with Gasteiger partial charge in [0.2, 0.25) is 11.8 Å². The summed E-state index contributed by atoms with van der Waals surface area (Å²) in [5.41, 5.74) is 3.89. The average molecular weight is 521 g/mol. The van der Waals surface area contributed by atoms with Crippen LogP contribution in [0, 0.1) is 18.8 Å². The molecule has 2 aromatic rings. The number of amides is 2. The van der Waals surface area contributed by atoms with Crippen molar-refractivity contribution in [3.05, 3.63) is 83.1 Å². The Morgan fingerprint density at radius 3 is 2.14 bits per heavy atom. The molecule has 3 aliphatic rings. The Bertz CT molecular complexity index is 1410. The number of sulfonamides is 1. The number of benzene rings is 2. The molecule has 0 saturated carbocycles. The molecule has 3 atom stereocenters. The van der Waals surface area contributed by atoms with Gasteiger partial charge in [-0.1, -0.05) is 61.6 Å². The van der Waals surface area contributed by atoms with Gasteiger partial charge in [0.25, 0.3) is 10.0 Å². The first-order valence-corrected chi connectivity index (χ1v) is 17.4. The largest absolute Gasteiger partial charge is 0.274 e. The van der Waals surface area contributed by atoms with E-state index in [4.69, 9.17) is 0 Å². The maximum atomic E-state index is 14.0. The number of allylic oxidation sites excluding steroid dienone is 3. The maximum absolute atomic E-state index is 14.0. The molecule has 0 bridgehead atoms. The summed E-state index contributed by atoms with van der Waals surface area (Å²) < 4.78 is 29.5. The summed E-state index contributed by atoms with van der Waals surface area (Å²) in [6.07, 6.45) is 2.31. The van der Waals surface area contributed by atoms with Crippen LogP contribution in [0.2, 0.25) is 25.2 Å². The summed E-state index contributed by atoms with van der Waals surface area (Å²) in [6.45, 7) is 10.6. The third-order valence-corrected chi connectivity index (χ3v) is 12.0.